The van der Waals surface area contributed by atoms with Crippen molar-refractivity contribution < 1.29 is 9.59 Å². The van der Waals surface area contributed by atoms with Gasteiger partial charge in [-0.05, 0) is 43.9 Å². The van der Waals surface area contributed by atoms with Crippen molar-refractivity contribution in [3.63, 3.8) is 0 Å². The molecule has 1 aliphatic carbocycles. The average molecular weight is 286 g/mol. The number of aryl methyl sites for hydroxylation is 1. The van der Waals surface area contributed by atoms with E-state index in [2.05, 4.69) is 0 Å². The lowest BCUT2D eigenvalue weighted by molar-refractivity contribution is -0.127. The highest BCUT2D eigenvalue weighted by Gasteiger charge is 2.53. The number of amides is 2. The molecular weight excluding hydrogens is 264 g/mol. The van der Waals surface area contributed by atoms with E-state index in [1.54, 1.807) is 4.90 Å². The van der Waals surface area contributed by atoms with E-state index >= 15 is 0 Å². The maximum Gasteiger partial charge on any atom is 0.240 e. The molecule has 1 unspecified atom stereocenters. The number of primary amides is 1. The fourth-order valence-electron chi connectivity index (χ4n) is 3.90. The third-order valence-electron chi connectivity index (χ3n) is 4.99. The summed E-state index contributed by atoms with van der Waals surface area (Å²) in [4.78, 5) is 26.6. The molecule has 1 aromatic carbocycles. The summed E-state index contributed by atoms with van der Waals surface area (Å²) in [7, 11) is 0. The summed E-state index contributed by atoms with van der Waals surface area (Å²) >= 11 is 0. The largest absolute Gasteiger partial charge is 0.368 e. The van der Waals surface area contributed by atoms with Gasteiger partial charge in [-0.1, -0.05) is 31.4 Å². The van der Waals surface area contributed by atoms with Crippen LogP contribution >= 0.6 is 0 Å². The van der Waals surface area contributed by atoms with Gasteiger partial charge in [0, 0.05) is 5.69 Å². The van der Waals surface area contributed by atoms with Crippen LogP contribution in [0, 0.1) is 12.3 Å². The molecule has 2 N–H and O–H groups in total. The van der Waals surface area contributed by atoms with Crippen LogP contribution in [0.15, 0.2) is 24.3 Å². The van der Waals surface area contributed by atoms with Gasteiger partial charge < -0.3 is 5.73 Å². The zero-order chi connectivity index (χ0) is 15.0. The molecule has 112 valence electrons. The Kier molecular flexibility index (Phi) is 3.47. The number of hydrogen-bond donors (Lipinski definition) is 1. The van der Waals surface area contributed by atoms with Crippen molar-refractivity contribution in [2.75, 3.05) is 4.90 Å². The van der Waals surface area contributed by atoms with Crippen LogP contribution in [0.5, 0.6) is 0 Å². The van der Waals surface area contributed by atoms with E-state index in [9.17, 15) is 9.59 Å². The van der Waals surface area contributed by atoms with E-state index in [4.69, 9.17) is 5.73 Å². The van der Waals surface area contributed by atoms with Gasteiger partial charge in [0.25, 0.3) is 0 Å². The van der Waals surface area contributed by atoms with Gasteiger partial charge in [-0.15, -0.1) is 0 Å². The summed E-state index contributed by atoms with van der Waals surface area (Å²) in [5.74, 6) is -0.302. The van der Waals surface area contributed by atoms with Crippen molar-refractivity contribution in [2.45, 2.75) is 51.5 Å². The summed E-state index contributed by atoms with van der Waals surface area (Å²) in [6, 6.07) is 7.25. The van der Waals surface area contributed by atoms with Crippen LogP contribution in [0.4, 0.5) is 5.69 Å². The molecule has 1 saturated carbocycles. The average Bonchev–Trinajstić information content (AvgIpc) is 2.74. The Morgan fingerprint density at radius 2 is 2.00 bits per heavy atom. The van der Waals surface area contributed by atoms with Gasteiger partial charge in [0.2, 0.25) is 11.8 Å². The van der Waals surface area contributed by atoms with Crippen LogP contribution in [0.25, 0.3) is 0 Å². The molecule has 1 heterocycles. The van der Waals surface area contributed by atoms with E-state index in [0.29, 0.717) is 6.42 Å². The Labute approximate surface area is 125 Å². The summed E-state index contributed by atoms with van der Waals surface area (Å²) in [5.41, 5.74) is 7.10. The lowest BCUT2D eigenvalue weighted by Gasteiger charge is -2.31. The van der Waals surface area contributed by atoms with E-state index in [0.717, 1.165) is 36.9 Å². The molecule has 2 fully saturated rings. The minimum absolute atomic E-state index is 0.0941. The zero-order valence-electron chi connectivity index (χ0n) is 12.5. The van der Waals surface area contributed by atoms with Gasteiger partial charge in [-0.2, -0.15) is 0 Å². The number of rotatable bonds is 2. The van der Waals surface area contributed by atoms with Crippen LogP contribution in [0.2, 0.25) is 0 Å². The lowest BCUT2D eigenvalue weighted by Crippen LogP contribution is -2.43. The molecule has 4 nitrogen and oxygen atoms in total. The number of carbonyl (C=O) groups is 2. The van der Waals surface area contributed by atoms with Crippen molar-refractivity contribution >= 4 is 17.5 Å². The molecule has 3 rings (SSSR count). The molecule has 0 radical (unpaired) electrons. The molecule has 2 aliphatic rings. The highest BCUT2D eigenvalue weighted by molar-refractivity contribution is 6.06. The highest BCUT2D eigenvalue weighted by atomic mass is 16.2. The van der Waals surface area contributed by atoms with E-state index in [1.807, 2.05) is 31.2 Å². The van der Waals surface area contributed by atoms with Crippen LogP contribution in [0.3, 0.4) is 0 Å². The van der Waals surface area contributed by atoms with Crippen LogP contribution in [-0.2, 0) is 9.59 Å². The van der Waals surface area contributed by atoms with Crippen molar-refractivity contribution in [1.82, 2.24) is 0 Å². The van der Waals surface area contributed by atoms with Gasteiger partial charge >= 0.3 is 0 Å². The lowest BCUT2D eigenvalue weighted by atomic mass is 9.72. The molecule has 1 spiro atoms. The summed E-state index contributed by atoms with van der Waals surface area (Å²) in [6.07, 6.45) is 5.67. The molecule has 1 aliphatic heterocycles. The number of hydrogen-bond acceptors (Lipinski definition) is 2. The number of carbonyl (C=O) groups excluding carboxylic acids is 2. The molecule has 1 atom stereocenters. The number of anilines is 1. The second-order valence-corrected chi connectivity index (χ2v) is 6.48. The summed E-state index contributed by atoms with van der Waals surface area (Å²) in [6.45, 7) is 1.99. The van der Waals surface area contributed by atoms with Crippen molar-refractivity contribution in [1.29, 1.82) is 0 Å². The van der Waals surface area contributed by atoms with Crippen LogP contribution in [-0.4, -0.2) is 17.9 Å². The van der Waals surface area contributed by atoms with Crippen LogP contribution < -0.4 is 10.6 Å². The molecule has 0 bridgehead atoms. The summed E-state index contributed by atoms with van der Waals surface area (Å²) in [5, 5.41) is 0. The third-order valence-corrected chi connectivity index (χ3v) is 4.99. The summed E-state index contributed by atoms with van der Waals surface area (Å²) < 4.78 is 0. The van der Waals surface area contributed by atoms with Crippen molar-refractivity contribution in [2.24, 2.45) is 11.1 Å². The van der Waals surface area contributed by atoms with Crippen molar-refractivity contribution in [3.8, 4) is 0 Å². The maximum atomic E-state index is 13.0. The van der Waals surface area contributed by atoms with E-state index in [-0.39, 0.29) is 11.3 Å². The molecule has 21 heavy (non-hydrogen) atoms. The van der Waals surface area contributed by atoms with Gasteiger partial charge in [0.15, 0.2) is 0 Å². The first kappa shape index (κ1) is 14.1. The molecule has 1 saturated heterocycles. The second-order valence-electron chi connectivity index (χ2n) is 6.48. The Morgan fingerprint density at radius 1 is 1.29 bits per heavy atom. The number of nitrogens with zero attached hydrogens (tertiary/aromatic N) is 1. The second kappa shape index (κ2) is 5.17. The number of benzene rings is 1. The first-order valence-corrected chi connectivity index (χ1v) is 7.73. The predicted octanol–water partition coefficient (Wildman–Crippen LogP) is 2.54. The first-order chi connectivity index (χ1) is 10.0. The predicted molar refractivity (Wildman–Crippen MR) is 81.8 cm³/mol. The molecule has 1 aromatic rings. The zero-order valence-corrected chi connectivity index (χ0v) is 12.5. The fraction of sp³-hybridized carbons (Fsp3) is 0.529. The van der Waals surface area contributed by atoms with Gasteiger partial charge in [0.05, 0.1) is 5.41 Å². The molecule has 0 aromatic heterocycles. The Bertz CT molecular complexity index is 576. The van der Waals surface area contributed by atoms with Gasteiger partial charge in [0.1, 0.15) is 6.04 Å². The maximum absolute atomic E-state index is 13.0. The standard InChI is InChI=1S/C17H22N2O2/c1-12-6-5-7-13(10-12)19-14(15(18)20)11-17(16(19)21)8-3-2-4-9-17/h5-7,10,14H,2-4,8-9,11H2,1H3,(H2,18,20). The smallest absolute Gasteiger partial charge is 0.240 e. The molecule has 4 heteroatoms. The van der Waals surface area contributed by atoms with Crippen molar-refractivity contribution in [3.05, 3.63) is 29.8 Å². The topological polar surface area (TPSA) is 63.4 Å². The van der Waals surface area contributed by atoms with E-state index in [1.165, 1.54) is 6.42 Å². The first-order valence-electron chi connectivity index (χ1n) is 7.73. The monoisotopic (exact) mass is 286 g/mol. The third kappa shape index (κ3) is 2.33. The molecule has 2 amide bonds. The normalized spacial score (nSPS) is 24.5. The highest BCUT2D eigenvalue weighted by Crippen LogP contribution is 2.48. The van der Waals surface area contributed by atoms with Gasteiger partial charge in [-0.25, -0.2) is 0 Å². The minimum atomic E-state index is -0.502. The minimum Gasteiger partial charge on any atom is -0.368 e. The van der Waals surface area contributed by atoms with E-state index < -0.39 is 11.9 Å². The Balaban J connectivity index is 2.00. The van der Waals surface area contributed by atoms with Crippen LogP contribution in [0.1, 0.15) is 44.1 Å². The number of nitrogens with two attached hydrogens (primary N) is 1. The molecular formula is C17H22N2O2. The quantitative estimate of drug-likeness (QED) is 0.908. The SMILES string of the molecule is Cc1cccc(N2C(=O)C3(CCCCC3)CC2C(N)=O)c1. The van der Waals surface area contributed by atoms with Gasteiger partial charge in [-0.3, -0.25) is 14.5 Å². The Morgan fingerprint density at radius 3 is 2.62 bits per heavy atom. The fourth-order valence-corrected chi connectivity index (χ4v) is 3.90. The Hall–Kier alpha value is -1.84.